The molecule has 0 aromatic carbocycles. The van der Waals surface area contributed by atoms with Crippen molar-refractivity contribution < 1.29 is 24.5 Å². The number of carbonyl (C=O) groups is 1. The van der Waals surface area contributed by atoms with Gasteiger partial charge in [0.2, 0.25) is 0 Å². The second-order valence-electron chi connectivity index (χ2n) is 5.03. The van der Waals surface area contributed by atoms with Crippen LogP contribution in [0.5, 0.6) is 0 Å². The fourth-order valence-corrected chi connectivity index (χ4v) is 4.24. The molecule has 0 aliphatic carbocycles. The van der Waals surface area contributed by atoms with E-state index in [2.05, 4.69) is 0 Å². The predicted molar refractivity (Wildman–Crippen MR) is 79.7 cm³/mol. The summed E-state index contributed by atoms with van der Waals surface area (Å²) in [6.45, 7) is 3.25. The summed E-state index contributed by atoms with van der Waals surface area (Å²) in [5.41, 5.74) is -0.580. The molecule has 0 radical (unpaired) electrons. The molecule has 2 aliphatic rings. The summed E-state index contributed by atoms with van der Waals surface area (Å²) < 4.78 is 4.94. The highest BCUT2D eigenvalue weighted by molar-refractivity contribution is 8.04. The number of carbonyl (C=O) groups excluding carboxylic acids is 1. The van der Waals surface area contributed by atoms with Crippen molar-refractivity contribution in [2.24, 2.45) is 0 Å². The first-order chi connectivity index (χ1) is 10.7. The van der Waals surface area contributed by atoms with Crippen LogP contribution in [0.15, 0.2) is 22.1 Å². The van der Waals surface area contributed by atoms with Crippen LogP contribution in [-0.2, 0) is 9.53 Å². The molecule has 10 nitrogen and oxygen atoms in total. The molecule has 0 spiro atoms. The topological polar surface area (TPSA) is 136 Å². The molecule has 0 aromatic heterocycles. The quantitative estimate of drug-likeness (QED) is 0.447. The normalized spacial score (nSPS) is 27.1. The Morgan fingerprint density at radius 2 is 2.04 bits per heavy atom. The highest BCUT2D eigenvalue weighted by Gasteiger charge is 2.60. The van der Waals surface area contributed by atoms with E-state index in [9.17, 15) is 30.1 Å². The summed E-state index contributed by atoms with van der Waals surface area (Å²) in [6, 6.07) is -2.57. The number of esters is 1. The molecule has 2 aliphatic heterocycles. The van der Waals surface area contributed by atoms with Crippen molar-refractivity contribution in [1.29, 1.82) is 0 Å². The number of aliphatic hydroxyl groups is 1. The van der Waals surface area contributed by atoms with Crippen molar-refractivity contribution in [3.63, 3.8) is 0 Å². The largest absolute Gasteiger partial charge is 0.490 e. The van der Waals surface area contributed by atoms with Crippen LogP contribution < -0.4 is 0 Å². The van der Waals surface area contributed by atoms with Gasteiger partial charge in [-0.05, 0) is 18.8 Å². The van der Waals surface area contributed by atoms with Gasteiger partial charge in [-0.25, -0.2) is 4.79 Å². The molecule has 2 rings (SSSR count). The van der Waals surface area contributed by atoms with Crippen molar-refractivity contribution in [3.8, 4) is 0 Å². The summed E-state index contributed by atoms with van der Waals surface area (Å²) >= 11 is 0.833. The summed E-state index contributed by atoms with van der Waals surface area (Å²) in [4.78, 5) is 34.8. The zero-order chi connectivity index (χ0) is 17.5. The number of aliphatic hydroxyl groups excluding tert-OH is 1. The van der Waals surface area contributed by atoms with Crippen LogP contribution in [0.2, 0.25) is 0 Å². The Balaban J connectivity index is 2.63. The number of allylic oxidation sites excluding steroid dienone is 1. The number of hydrogen-bond acceptors (Lipinski definition) is 9. The molecule has 0 saturated carbocycles. The van der Waals surface area contributed by atoms with E-state index in [-0.39, 0.29) is 12.2 Å². The molecule has 126 valence electrons. The van der Waals surface area contributed by atoms with Crippen LogP contribution in [0.3, 0.4) is 0 Å². The van der Waals surface area contributed by atoms with Gasteiger partial charge in [0, 0.05) is 12.0 Å². The van der Waals surface area contributed by atoms with Gasteiger partial charge in [-0.2, -0.15) is 0 Å². The van der Waals surface area contributed by atoms with Crippen LogP contribution in [0.4, 0.5) is 0 Å². The maximum Gasteiger partial charge on any atom is 0.337 e. The second-order valence-corrected chi connectivity index (χ2v) is 6.38. The number of rotatable bonds is 4. The van der Waals surface area contributed by atoms with E-state index in [0.29, 0.717) is 4.91 Å². The van der Waals surface area contributed by atoms with Crippen LogP contribution in [0, 0.1) is 20.2 Å². The highest BCUT2D eigenvalue weighted by Crippen LogP contribution is 2.46. The van der Waals surface area contributed by atoms with Crippen molar-refractivity contribution in [2.75, 3.05) is 13.7 Å². The van der Waals surface area contributed by atoms with Gasteiger partial charge in [0.25, 0.3) is 11.9 Å². The van der Waals surface area contributed by atoms with Crippen LogP contribution in [-0.4, -0.2) is 56.8 Å². The molecule has 0 aromatic rings. The van der Waals surface area contributed by atoms with Crippen LogP contribution in [0.1, 0.15) is 13.8 Å². The molecule has 23 heavy (non-hydrogen) atoms. The molecule has 2 bridgehead atoms. The fourth-order valence-electron chi connectivity index (χ4n) is 2.83. The Kier molecular flexibility index (Phi) is 4.50. The molecule has 3 atom stereocenters. The van der Waals surface area contributed by atoms with Gasteiger partial charge in [0.05, 0.1) is 17.1 Å². The molecule has 11 heteroatoms. The standard InChI is InChI=1S/C12H15N3O7S/c1-4-22-12(17)6-5(2)23-10-8(14(18)19)7(6)13(3)11(16)9(10)15(20)21/h7-8,10,16H,4H2,1-3H3. The molecule has 0 saturated heterocycles. The Morgan fingerprint density at radius 1 is 1.43 bits per heavy atom. The van der Waals surface area contributed by atoms with Gasteiger partial charge in [-0.1, -0.05) is 0 Å². The number of thioether (sulfide) groups is 1. The third-order valence-electron chi connectivity index (χ3n) is 3.80. The van der Waals surface area contributed by atoms with E-state index in [1.807, 2.05) is 0 Å². The number of nitrogens with zero attached hydrogens (tertiary/aromatic N) is 3. The summed E-state index contributed by atoms with van der Waals surface area (Å²) in [7, 11) is 1.28. The Labute approximate surface area is 135 Å². The predicted octanol–water partition coefficient (Wildman–Crippen LogP) is 0.902. The molecule has 2 heterocycles. The highest BCUT2D eigenvalue weighted by atomic mass is 32.2. The van der Waals surface area contributed by atoms with Crippen molar-refractivity contribution in [1.82, 2.24) is 4.90 Å². The first-order valence-electron chi connectivity index (χ1n) is 6.70. The number of hydrogen-bond donors (Lipinski definition) is 1. The van der Waals surface area contributed by atoms with Gasteiger partial charge in [0.15, 0.2) is 5.25 Å². The summed E-state index contributed by atoms with van der Waals surface area (Å²) in [6.07, 6.45) is 0. The SMILES string of the molecule is CCOC(=O)C1=C(C)SC2C([N+](=O)[O-])=C(O)N(C)C1C2[N+](=O)[O-]. The third-order valence-corrected chi connectivity index (χ3v) is 5.13. The van der Waals surface area contributed by atoms with Crippen LogP contribution in [0.25, 0.3) is 0 Å². The molecular weight excluding hydrogens is 330 g/mol. The lowest BCUT2D eigenvalue weighted by Gasteiger charge is -2.41. The average Bonchev–Trinajstić information content (AvgIpc) is 2.43. The zero-order valence-electron chi connectivity index (χ0n) is 12.6. The van der Waals surface area contributed by atoms with E-state index in [4.69, 9.17) is 4.74 Å². The maximum absolute atomic E-state index is 12.2. The minimum absolute atomic E-state index is 0.0475. The zero-order valence-corrected chi connectivity index (χ0v) is 13.4. The van der Waals surface area contributed by atoms with Gasteiger partial charge in [0.1, 0.15) is 6.04 Å². The van der Waals surface area contributed by atoms with E-state index in [1.54, 1.807) is 13.8 Å². The maximum atomic E-state index is 12.2. The molecule has 0 fully saturated rings. The smallest absolute Gasteiger partial charge is 0.337 e. The van der Waals surface area contributed by atoms with Crippen molar-refractivity contribution in [2.45, 2.75) is 31.2 Å². The minimum atomic E-state index is -1.44. The van der Waals surface area contributed by atoms with Crippen molar-refractivity contribution >= 4 is 17.7 Å². The number of fused-ring (bicyclic) bond motifs is 2. The monoisotopic (exact) mass is 345 g/mol. The fraction of sp³-hybridized carbons (Fsp3) is 0.583. The summed E-state index contributed by atoms with van der Waals surface area (Å²) in [5.74, 6) is -1.40. The molecule has 0 amide bonds. The average molecular weight is 345 g/mol. The molecule has 1 N–H and O–H groups in total. The van der Waals surface area contributed by atoms with E-state index >= 15 is 0 Å². The lowest BCUT2D eigenvalue weighted by atomic mass is 9.90. The first kappa shape index (κ1) is 17.1. The van der Waals surface area contributed by atoms with Crippen molar-refractivity contribution in [3.05, 3.63) is 42.3 Å². The Bertz CT molecular complexity index is 645. The van der Waals surface area contributed by atoms with E-state index in [1.165, 1.54) is 7.05 Å². The summed E-state index contributed by atoms with van der Waals surface area (Å²) in [5, 5.41) is 31.6. The molecule has 3 unspecified atom stereocenters. The minimum Gasteiger partial charge on any atom is -0.490 e. The van der Waals surface area contributed by atoms with E-state index < -0.39 is 44.7 Å². The van der Waals surface area contributed by atoms with Gasteiger partial charge in [-0.3, -0.25) is 20.2 Å². The number of likely N-dealkylation sites (N-methyl/N-ethyl adjacent to an activating group) is 1. The Hall–Kier alpha value is -2.30. The number of nitro groups is 2. The van der Waals surface area contributed by atoms with Crippen LogP contribution >= 0.6 is 11.8 Å². The second kappa shape index (κ2) is 6.07. The number of ether oxygens (including phenoxy) is 1. The lowest BCUT2D eigenvalue weighted by molar-refractivity contribution is -0.537. The van der Waals surface area contributed by atoms with Gasteiger partial charge < -0.3 is 14.7 Å². The van der Waals surface area contributed by atoms with E-state index in [0.717, 1.165) is 16.7 Å². The third kappa shape index (κ3) is 2.60. The lowest BCUT2D eigenvalue weighted by Crippen LogP contribution is -2.59. The van der Waals surface area contributed by atoms with Gasteiger partial charge >= 0.3 is 11.7 Å². The Morgan fingerprint density at radius 3 is 2.52 bits per heavy atom. The van der Waals surface area contributed by atoms with Gasteiger partial charge in [-0.15, -0.1) is 11.8 Å². The first-order valence-corrected chi connectivity index (χ1v) is 7.58. The molecular formula is C12H15N3O7S.